The van der Waals surface area contributed by atoms with E-state index in [9.17, 15) is 8.78 Å². The van der Waals surface area contributed by atoms with Crippen molar-refractivity contribution < 1.29 is 8.78 Å². The number of likely N-dealkylation sites (tertiary alicyclic amines) is 1. The molecule has 2 atom stereocenters. The van der Waals surface area contributed by atoms with E-state index in [1.807, 2.05) is 4.90 Å². The maximum Gasteiger partial charge on any atom is 0.272 e. The molecular weight excluding hydrogens is 186 g/mol. The molecule has 1 aliphatic carbocycles. The Morgan fingerprint density at radius 2 is 1.86 bits per heavy atom. The number of fused-ring (bicyclic) bond motifs is 1. The first kappa shape index (κ1) is 10.3. The lowest BCUT2D eigenvalue weighted by Crippen LogP contribution is -2.41. The van der Waals surface area contributed by atoms with Crippen molar-refractivity contribution >= 4 is 0 Å². The zero-order valence-corrected chi connectivity index (χ0v) is 8.60. The molecule has 0 aromatic heterocycles. The Morgan fingerprint density at radius 3 is 2.29 bits per heavy atom. The summed E-state index contributed by atoms with van der Waals surface area (Å²) in [4.78, 5) is 1.93. The van der Waals surface area contributed by atoms with E-state index in [1.165, 1.54) is 12.8 Å². The zero-order chi connectivity index (χ0) is 10.2. The summed E-state index contributed by atoms with van der Waals surface area (Å²) in [6.45, 7) is 1.51. The second-order valence-corrected chi connectivity index (χ2v) is 4.68. The minimum atomic E-state index is -2.57. The minimum Gasteiger partial charge on any atom is -0.314 e. The van der Waals surface area contributed by atoms with Crippen molar-refractivity contribution in [2.24, 2.45) is 11.8 Å². The normalized spacial score (nSPS) is 32.8. The molecular formula is C10H18F2N2. The van der Waals surface area contributed by atoms with E-state index in [4.69, 9.17) is 0 Å². The van der Waals surface area contributed by atoms with Gasteiger partial charge >= 0.3 is 0 Å². The van der Waals surface area contributed by atoms with Crippen molar-refractivity contribution in [3.8, 4) is 0 Å². The standard InChI is InChI=1S/C10H18F2N2/c1-13-6-10(11,12)7-14-4-8-2-3-9(8)5-14/h8-9,13H,2-7H2,1H3. The van der Waals surface area contributed by atoms with Gasteiger partial charge in [0.05, 0.1) is 13.1 Å². The summed E-state index contributed by atoms with van der Waals surface area (Å²) in [7, 11) is 1.57. The van der Waals surface area contributed by atoms with Gasteiger partial charge in [-0.25, -0.2) is 8.78 Å². The highest BCUT2D eigenvalue weighted by Gasteiger charge is 2.42. The molecule has 1 saturated carbocycles. The molecule has 1 aliphatic heterocycles. The molecule has 82 valence electrons. The van der Waals surface area contributed by atoms with Crippen LogP contribution in [0.2, 0.25) is 0 Å². The summed E-state index contributed by atoms with van der Waals surface area (Å²) >= 11 is 0. The molecule has 0 radical (unpaired) electrons. The number of nitrogens with zero attached hydrogens (tertiary/aromatic N) is 1. The molecule has 2 unspecified atom stereocenters. The highest BCUT2D eigenvalue weighted by molar-refractivity contribution is 4.92. The first-order valence-corrected chi connectivity index (χ1v) is 5.35. The Hall–Kier alpha value is -0.220. The molecule has 0 amide bonds. The second-order valence-electron chi connectivity index (χ2n) is 4.68. The molecule has 2 aliphatic rings. The zero-order valence-electron chi connectivity index (χ0n) is 8.60. The lowest BCUT2D eigenvalue weighted by atomic mass is 9.77. The Balaban J connectivity index is 1.80. The summed E-state index contributed by atoms with van der Waals surface area (Å²) in [6.07, 6.45) is 2.50. The van der Waals surface area contributed by atoms with Crippen LogP contribution >= 0.6 is 0 Å². The van der Waals surface area contributed by atoms with Crippen molar-refractivity contribution in [2.45, 2.75) is 18.8 Å². The van der Waals surface area contributed by atoms with Crippen molar-refractivity contribution in [1.29, 1.82) is 0 Å². The van der Waals surface area contributed by atoms with Gasteiger partial charge in [-0.15, -0.1) is 0 Å². The van der Waals surface area contributed by atoms with Crippen molar-refractivity contribution in [1.82, 2.24) is 10.2 Å². The monoisotopic (exact) mass is 204 g/mol. The van der Waals surface area contributed by atoms with Gasteiger partial charge in [0.1, 0.15) is 0 Å². The van der Waals surface area contributed by atoms with Gasteiger partial charge in [0.2, 0.25) is 0 Å². The van der Waals surface area contributed by atoms with Gasteiger partial charge in [0.15, 0.2) is 0 Å². The number of rotatable bonds is 4. The quantitative estimate of drug-likeness (QED) is 0.740. The van der Waals surface area contributed by atoms with Crippen LogP contribution in [0.5, 0.6) is 0 Å². The van der Waals surface area contributed by atoms with Gasteiger partial charge in [-0.05, 0) is 31.7 Å². The number of halogens is 2. The summed E-state index contributed by atoms with van der Waals surface area (Å²) in [6, 6.07) is 0. The van der Waals surface area contributed by atoms with E-state index in [-0.39, 0.29) is 13.1 Å². The first-order chi connectivity index (χ1) is 6.61. The average molecular weight is 204 g/mol. The van der Waals surface area contributed by atoms with Gasteiger partial charge in [0.25, 0.3) is 5.92 Å². The molecule has 1 N–H and O–H groups in total. The molecule has 0 spiro atoms. The van der Waals surface area contributed by atoms with Crippen LogP contribution in [0.15, 0.2) is 0 Å². The SMILES string of the molecule is CNCC(F)(F)CN1CC2CCC2C1. The smallest absolute Gasteiger partial charge is 0.272 e. The third kappa shape index (κ3) is 2.06. The highest BCUT2D eigenvalue weighted by atomic mass is 19.3. The maximum atomic E-state index is 13.2. The van der Waals surface area contributed by atoms with Crippen LogP contribution in [-0.2, 0) is 0 Å². The van der Waals surface area contributed by atoms with Crippen molar-refractivity contribution in [3.05, 3.63) is 0 Å². The van der Waals surface area contributed by atoms with Crippen LogP contribution in [0, 0.1) is 11.8 Å². The molecule has 14 heavy (non-hydrogen) atoms. The van der Waals surface area contributed by atoms with Crippen molar-refractivity contribution in [3.63, 3.8) is 0 Å². The summed E-state index contributed by atoms with van der Waals surface area (Å²) in [5.74, 6) is -1.13. The fraction of sp³-hybridized carbons (Fsp3) is 1.00. The van der Waals surface area contributed by atoms with Crippen LogP contribution < -0.4 is 5.32 Å². The third-order valence-electron chi connectivity index (χ3n) is 3.45. The second kappa shape index (κ2) is 3.74. The summed E-state index contributed by atoms with van der Waals surface area (Å²) in [5, 5.41) is 2.54. The van der Waals surface area contributed by atoms with Crippen LogP contribution in [0.4, 0.5) is 8.78 Å². The Kier molecular flexibility index (Phi) is 2.75. The van der Waals surface area contributed by atoms with Crippen LogP contribution in [-0.4, -0.2) is 44.0 Å². The molecule has 2 nitrogen and oxygen atoms in total. The lowest BCUT2D eigenvalue weighted by molar-refractivity contribution is -0.0246. The predicted molar refractivity (Wildman–Crippen MR) is 51.5 cm³/mol. The van der Waals surface area contributed by atoms with Crippen LogP contribution in [0.25, 0.3) is 0 Å². The van der Waals surface area contributed by atoms with E-state index in [0.29, 0.717) is 0 Å². The van der Waals surface area contributed by atoms with Gasteiger partial charge in [0, 0.05) is 13.1 Å². The summed E-state index contributed by atoms with van der Waals surface area (Å²) < 4.78 is 26.5. The fourth-order valence-corrected chi connectivity index (χ4v) is 2.63. The van der Waals surface area contributed by atoms with E-state index in [2.05, 4.69) is 5.32 Å². The fourth-order valence-electron chi connectivity index (χ4n) is 2.63. The van der Waals surface area contributed by atoms with E-state index >= 15 is 0 Å². The number of hydrogen-bond donors (Lipinski definition) is 1. The molecule has 2 fully saturated rings. The van der Waals surface area contributed by atoms with E-state index in [0.717, 1.165) is 24.9 Å². The number of alkyl halides is 2. The molecule has 4 heteroatoms. The largest absolute Gasteiger partial charge is 0.314 e. The number of hydrogen-bond acceptors (Lipinski definition) is 2. The predicted octanol–water partition coefficient (Wildman–Crippen LogP) is 1.18. The average Bonchev–Trinajstić information content (AvgIpc) is 2.30. The molecule has 0 aromatic rings. The maximum absolute atomic E-state index is 13.2. The van der Waals surface area contributed by atoms with Gasteiger partial charge in [-0.3, -0.25) is 4.90 Å². The lowest BCUT2D eigenvalue weighted by Gasteiger charge is -2.28. The highest BCUT2D eigenvalue weighted by Crippen LogP contribution is 2.40. The molecule has 0 aromatic carbocycles. The Bertz CT molecular complexity index is 196. The van der Waals surface area contributed by atoms with Gasteiger partial charge in [-0.1, -0.05) is 0 Å². The van der Waals surface area contributed by atoms with Gasteiger partial charge < -0.3 is 5.32 Å². The molecule has 1 saturated heterocycles. The molecule has 2 rings (SSSR count). The van der Waals surface area contributed by atoms with Crippen LogP contribution in [0.1, 0.15) is 12.8 Å². The Labute approximate surface area is 83.7 Å². The van der Waals surface area contributed by atoms with Crippen LogP contribution in [0.3, 0.4) is 0 Å². The molecule has 1 heterocycles. The minimum absolute atomic E-state index is 0.0686. The van der Waals surface area contributed by atoms with E-state index in [1.54, 1.807) is 7.05 Å². The van der Waals surface area contributed by atoms with Gasteiger partial charge in [-0.2, -0.15) is 0 Å². The third-order valence-corrected chi connectivity index (χ3v) is 3.45. The topological polar surface area (TPSA) is 15.3 Å². The first-order valence-electron chi connectivity index (χ1n) is 5.35. The molecule has 0 bridgehead atoms. The Morgan fingerprint density at radius 1 is 1.29 bits per heavy atom. The van der Waals surface area contributed by atoms with Crippen molar-refractivity contribution in [2.75, 3.05) is 33.2 Å². The summed E-state index contributed by atoms with van der Waals surface area (Å²) in [5.41, 5.74) is 0. The number of nitrogens with one attached hydrogen (secondary N) is 1. The van der Waals surface area contributed by atoms with E-state index < -0.39 is 5.92 Å².